The molecule has 2 aromatic carbocycles. The first-order valence-corrected chi connectivity index (χ1v) is 9.66. The number of anilines is 2. The normalized spacial score (nSPS) is 22.7. The zero-order valence-corrected chi connectivity index (χ0v) is 16.2. The van der Waals surface area contributed by atoms with Gasteiger partial charge in [-0.15, -0.1) is 0 Å². The van der Waals surface area contributed by atoms with E-state index in [2.05, 4.69) is 5.32 Å². The van der Waals surface area contributed by atoms with Crippen LogP contribution in [0.15, 0.2) is 60.7 Å². The standard InChI is InChI=1S/C23H20N2O5/c1-13-5-2-10-18-19(13)22(28)25(21(18)27)17-9-4-6-14(12-17)20(26)24-16-8-3-7-15(11-16)23(29)30/h2-9,11-13,18-19H,10H2,1H3,(H,24,26)(H,29,30)/t13-,18+,19+/m1/s1. The molecular weight excluding hydrogens is 384 g/mol. The van der Waals surface area contributed by atoms with Crippen molar-refractivity contribution in [1.29, 1.82) is 0 Å². The van der Waals surface area contributed by atoms with Crippen molar-refractivity contribution < 1.29 is 24.3 Å². The topological polar surface area (TPSA) is 104 Å². The van der Waals surface area contributed by atoms with E-state index < -0.39 is 11.9 Å². The number of fused-ring (bicyclic) bond motifs is 1. The third-order valence-corrected chi connectivity index (χ3v) is 5.61. The van der Waals surface area contributed by atoms with E-state index in [0.717, 1.165) is 0 Å². The molecule has 2 aliphatic rings. The molecule has 1 aliphatic heterocycles. The molecule has 2 aromatic rings. The van der Waals surface area contributed by atoms with Crippen LogP contribution < -0.4 is 10.2 Å². The summed E-state index contributed by atoms with van der Waals surface area (Å²) in [5, 5.41) is 11.7. The van der Waals surface area contributed by atoms with Crippen molar-refractivity contribution >= 4 is 35.1 Å². The van der Waals surface area contributed by atoms with Gasteiger partial charge in [-0.2, -0.15) is 0 Å². The van der Waals surface area contributed by atoms with Gasteiger partial charge in [-0.3, -0.25) is 19.3 Å². The van der Waals surface area contributed by atoms with E-state index in [1.807, 2.05) is 19.1 Å². The Hall–Kier alpha value is -3.74. The van der Waals surface area contributed by atoms with E-state index in [1.165, 1.54) is 29.2 Å². The monoisotopic (exact) mass is 404 g/mol. The van der Waals surface area contributed by atoms with Crippen molar-refractivity contribution in [2.24, 2.45) is 17.8 Å². The summed E-state index contributed by atoms with van der Waals surface area (Å²) in [7, 11) is 0. The van der Waals surface area contributed by atoms with Crippen molar-refractivity contribution in [1.82, 2.24) is 0 Å². The molecular formula is C23H20N2O5. The fraction of sp³-hybridized carbons (Fsp3) is 0.217. The number of imide groups is 1. The molecule has 1 heterocycles. The van der Waals surface area contributed by atoms with E-state index in [4.69, 9.17) is 5.11 Å². The van der Waals surface area contributed by atoms with Gasteiger partial charge in [0.2, 0.25) is 11.8 Å². The number of allylic oxidation sites excluding steroid dienone is 2. The number of nitrogens with zero attached hydrogens (tertiary/aromatic N) is 1. The minimum Gasteiger partial charge on any atom is -0.478 e. The third-order valence-electron chi connectivity index (χ3n) is 5.61. The van der Waals surface area contributed by atoms with Crippen molar-refractivity contribution in [3.05, 3.63) is 71.8 Å². The lowest BCUT2D eigenvalue weighted by Gasteiger charge is -2.22. The molecule has 152 valence electrons. The molecule has 0 saturated carbocycles. The Morgan fingerprint density at radius 3 is 2.50 bits per heavy atom. The molecule has 0 bridgehead atoms. The number of carboxylic acids is 1. The van der Waals surface area contributed by atoms with Crippen LogP contribution in [0, 0.1) is 17.8 Å². The molecule has 1 saturated heterocycles. The van der Waals surface area contributed by atoms with Gasteiger partial charge in [-0.1, -0.05) is 31.2 Å². The van der Waals surface area contributed by atoms with Crippen LogP contribution in [0.1, 0.15) is 34.1 Å². The summed E-state index contributed by atoms with van der Waals surface area (Å²) in [6, 6.07) is 12.2. The quantitative estimate of drug-likeness (QED) is 0.601. The van der Waals surface area contributed by atoms with Crippen molar-refractivity contribution in [2.75, 3.05) is 10.2 Å². The zero-order valence-electron chi connectivity index (χ0n) is 16.2. The SMILES string of the molecule is C[C@@H]1C=CC[C@@H]2C(=O)N(c3cccc(C(=O)Nc4cccc(C(=O)O)c4)c3)C(=O)[C@@H]12. The van der Waals surface area contributed by atoms with Crippen LogP contribution in [-0.4, -0.2) is 28.8 Å². The number of carbonyl (C=O) groups is 4. The lowest BCUT2D eigenvalue weighted by atomic mass is 9.78. The third kappa shape index (κ3) is 3.39. The maximum atomic E-state index is 12.9. The number of carboxylic acid groups (broad SMARTS) is 1. The summed E-state index contributed by atoms with van der Waals surface area (Å²) in [5.74, 6) is -2.80. The molecule has 7 nitrogen and oxygen atoms in total. The second-order valence-corrected chi connectivity index (χ2v) is 7.56. The lowest BCUT2D eigenvalue weighted by Crippen LogP contribution is -2.31. The Morgan fingerprint density at radius 1 is 1.03 bits per heavy atom. The predicted octanol–water partition coefficient (Wildman–Crippen LogP) is 3.34. The Kier molecular flexibility index (Phi) is 4.95. The van der Waals surface area contributed by atoms with E-state index in [1.54, 1.807) is 24.3 Å². The molecule has 30 heavy (non-hydrogen) atoms. The number of rotatable bonds is 4. The first kappa shape index (κ1) is 19.6. The van der Waals surface area contributed by atoms with Gasteiger partial charge >= 0.3 is 5.97 Å². The Balaban J connectivity index is 1.58. The van der Waals surface area contributed by atoms with Gasteiger partial charge in [0.05, 0.1) is 23.1 Å². The number of aromatic carboxylic acids is 1. The van der Waals surface area contributed by atoms with Gasteiger partial charge < -0.3 is 10.4 Å². The lowest BCUT2D eigenvalue weighted by molar-refractivity contribution is -0.122. The predicted molar refractivity (Wildman–Crippen MR) is 110 cm³/mol. The number of hydrogen-bond donors (Lipinski definition) is 2. The fourth-order valence-electron chi connectivity index (χ4n) is 4.12. The van der Waals surface area contributed by atoms with E-state index in [0.29, 0.717) is 17.8 Å². The van der Waals surface area contributed by atoms with Crippen LogP contribution >= 0.6 is 0 Å². The minimum atomic E-state index is -1.09. The summed E-state index contributed by atoms with van der Waals surface area (Å²) < 4.78 is 0. The molecule has 0 spiro atoms. The van der Waals surface area contributed by atoms with Crippen LogP contribution in [0.25, 0.3) is 0 Å². The van der Waals surface area contributed by atoms with Crippen LogP contribution in [0.2, 0.25) is 0 Å². The molecule has 1 fully saturated rings. The Labute approximate surface area is 173 Å². The minimum absolute atomic E-state index is 0.0156. The molecule has 2 N–H and O–H groups in total. The molecule has 4 rings (SSSR count). The van der Waals surface area contributed by atoms with Gasteiger partial charge in [-0.25, -0.2) is 4.79 Å². The number of nitrogens with one attached hydrogen (secondary N) is 1. The van der Waals surface area contributed by atoms with E-state index in [-0.39, 0.29) is 40.7 Å². The maximum Gasteiger partial charge on any atom is 0.335 e. The molecule has 1 aliphatic carbocycles. The summed E-state index contributed by atoms with van der Waals surface area (Å²) in [6.07, 6.45) is 4.44. The summed E-state index contributed by atoms with van der Waals surface area (Å²) in [6.45, 7) is 1.93. The first-order chi connectivity index (χ1) is 14.4. The first-order valence-electron chi connectivity index (χ1n) is 9.66. The summed E-state index contributed by atoms with van der Waals surface area (Å²) in [4.78, 5) is 50.8. The highest BCUT2D eigenvalue weighted by molar-refractivity contribution is 6.22. The second-order valence-electron chi connectivity index (χ2n) is 7.56. The van der Waals surface area contributed by atoms with E-state index >= 15 is 0 Å². The van der Waals surface area contributed by atoms with Gasteiger partial charge in [0.1, 0.15) is 0 Å². The second kappa shape index (κ2) is 7.59. The highest BCUT2D eigenvalue weighted by Gasteiger charge is 2.50. The maximum absolute atomic E-state index is 12.9. The van der Waals surface area contributed by atoms with Crippen LogP contribution in [-0.2, 0) is 9.59 Å². The van der Waals surface area contributed by atoms with E-state index in [9.17, 15) is 19.2 Å². The number of hydrogen-bond acceptors (Lipinski definition) is 4. The average molecular weight is 404 g/mol. The fourth-order valence-corrected chi connectivity index (χ4v) is 4.12. The molecule has 7 heteroatoms. The van der Waals surface area contributed by atoms with Gasteiger partial charge in [0.15, 0.2) is 0 Å². The number of benzene rings is 2. The van der Waals surface area contributed by atoms with Crippen molar-refractivity contribution in [2.45, 2.75) is 13.3 Å². The van der Waals surface area contributed by atoms with Crippen molar-refractivity contribution in [3.63, 3.8) is 0 Å². The molecule has 0 radical (unpaired) electrons. The largest absolute Gasteiger partial charge is 0.478 e. The molecule has 3 atom stereocenters. The summed E-state index contributed by atoms with van der Waals surface area (Å²) in [5.41, 5.74) is 1.01. The highest BCUT2D eigenvalue weighted by Crippen LogP contribution is 2.40. The Morgan fingerprint density at radius 2 is 1.77 bits per heavy atom. The van der Waals surface area contributed by atoms with Gasteiger partial charge in [-0.05, 0) is 48.7 Å². The van der Waals surface area contributed by atoms with Crippen LogP contribution in [0.4, 0.5) is 11.4 Å². The Bertz CT molecular complexity index is 1090. The average Bonchev–Trinajstić information content (AvgIpc) is 2.99. The molecule has 0 unspecified atom stereocenters. The van der Waals surface area contributed by atoms with Crippen LogP contribution in [0.3, 0.4) is 0 Å². The smallest absolute Gasteiger partial charge is 0.335 e. The highest BCUT2D eigenvalue weighted by atomic mass is 16.4. The molecule has 3 amide bonds. The zero-order chi connectivity index (χ0) is 21.4. The number of carbonyl (C=O) groups excluding carboxylic acids is 3. The number of amides is 3. The van der Waals surface area contributed by atoms with Crippen molar-refractivity contribution in [3.8, 4) is 0 Å². The van der Waals surface area contributed by atoms with Crippen LogP contribution in [0.5, 0.6) is 0 Å². The van der Waals surface area contributed by atoms with Gasteiger partial charge in [0, 0.05) is 11.3 Å². The molecule has 0 aromatic heterocycles. The summed E-state index contributed by atoms with van der Waals surface area (Å²) >= 11 is 0. The van der Waals surface area contributed by atoms with Gasteiger partial charge in [0.25, 0.3) is 5.91 Å².